The van der Waals surface area contributed by atoms with E-state index in [1.807, 2.05) is 14.0 Å². The highest BCUT2D eigenvalue weighted by Crippen LogP contribution is 2.37. The molecule has 1 atom stereocenters. The number of aliphatic hydroxyl groups excluding tert-OH is 1. The number of anilines is 1. The maximum absolute atomic E-state index is 12.0. The zero-order valence-electron chi connectivity index (χ0n) is 21.6. The molecule has 1 aromatic carbocycles. The molecule has 8 heteroatoms. The normalized spacial score (nSPS) is 17.2. The van der Waals surface area contributed by atoms with Crippen molar-refractivity contribution in [2.75, 3.05) is 25.5 Å². The minimum Gasteiger partial charge on any atom is -0.506 e. The van der Waals surface area contributed by atoms with Gasteiger partial charge in [-0.15, -0.1) is 0 Å². The van der Waals surface area contributed by atoms with Gasteiger partial charge in [-0.1, -0.05) is 12.1 Å². The van der Waals surface area contributed by atoms with Crippen molar-refractivity contribution in [1.29, 1.82) is 0 Å². The Hall–Kier alpha value is -3.52. The highest BCUT2D eigenvalue weighted by Gasteiger charge is 2.37. The fourth-order valence-electron chi connectivity index (χ4n) is 4.95. The van der Waals surface area contributed by atoms with Crippen molar-refractivity contribution in [2.24, 2.45) is 0 Å². The number of nitrogens with zero attached hydrogens (tertiary/aromatic N) is 3. The number of carbonyl (C=O) groups excluding carboxylic acids is 1. The zero-order valence-corrected chi connectivity index (χ0v) is 21.6. The summed E-state index contributed by atoms with van der Waals surface area (Å²) in [5.41, 5.74) is 8.41. The molecule has 0 spiro atoms. The summed E-state index contributed by atoms with van der Waals surface area (Å²) >= 11 is 0. The fraction of sp³-hybridized carbons (Fsp3) is 0.429. The van der Waals surface area contributed by atoms with Crippen LogP contribution in [0.5, 0.6) is 5.75 Å². The molecular formula is C28H37N5O3. The van der Waals surface area contributed by atoms with Crippen molar-refractivity contribution < 1.29 is 15.0 Å². The Balaban J connectivity index is 1.59. The summed E-state index contributed by atoms with van der Waals surface area (Å²) in [5.74, 6) is 0.0364. The van der Waals surface area contributed by atoms with Gasteiger partial charge in [-0.2, -0.15) is 0 Å². The number of aliphatic hydroxyl groups is 1. The van der Waals surface area contributed by atoms with Crippen molar-refractivity contribution in [1.82, 2.24) is 20.1 Å². The number of carbonyl (C=O) groups is 1. The first kappa shape index (κ1) is 25.6. The molecule has 1 aliphatic carbocycles. The molecular weight excluding hydrogens is 454 g/mol. The molecule has 2 aromatic rings. The average Bonchev–Trinajstić information content (AvgIpc) is 3.09. The number of pyridine rings is 1. The quantitative estimate of drug-likeness (QED) is 0.426. The number of aromatic nitrogens is 1. The number of amides is 1. The highest BCUT2D eigenvalue weighted by molar-refractivity contribution is 5.73. The predicted molar refractivity (Wildman–Crippen MR) is 141 cm³/mol. The number of aromatic hydroxyl groups is 1. The first-order valence-corrected chi connectivity index (χ1v) is 12.6. The molecule has 36 heavy (non-hydrogen) atoms. The van der Waals surface area contributed by atoms with E-state index in [0.29, 0.717) is 18.8 Å². The van der Waals surface area contributed by atoms with Gasteiger partial charge in [-0.05, 0) is 80.5 Å². The number of hydrogen-bond donors (Lipinski definition) is 4. The van der Waals surface area contributed by atoms with Crippen LogP contribution in [0.2, 0.25) is 0 Å². The molecule has 0 saturated heterocycles. The number of aryl methyl sites for hydroxylation is 3. The van der Waals surface area contributed by atoms with Crippen LogP contribution in [0.15, 0.2) is 53.4 Å². The van der Waals surface area contributed by atoms with Gasteiger partial charge in [0.05, 0.1) is 12.2 Å². The minimum atomic E-state index is -0.348. The third-order valence-corrected chi connectivity index (χ3v) is 6.83. The Bertz CT molecular complexity index is 1190. The number of nitrogens with one attached hydrogen (secondary N) is 2. The summed E-state index contributed by atoms with van der Waals surface area (Å²) in [5, 5.41) is 26.4. The molecule has 1 aliphatic heterocycles. The lowest BCUT2D eigenvalue weighted by Crippen LogP contribution is -2.50. The number of benzene rings is 1. The maximum atomic E-state index is 12.0. The Morgan fingerprint density at radius 1 is 1.19 bits per heavy atom. The van der Waals surface area contributed by atoms with Gasteiger partial charge in [-0.25, -0.2) is 0 Å². The lowest BCUT2D eigenvalue weighted by atomic mass is 9.99. The van der Waals surface area contributed by atoms with Crippen LogP contribution < -0.4 is 10.6 Å². The van der Waals surface area contributed by atoms with E-state index in [9.17, 15) is 15.0 Å². The van der Waals surface area contributed by atoms with Crippen molar-refractivity contribution in [2.45, 2.75) is 59.3 Å². The summed E-state index contributed by atoms with van der Waals surface area (Å²) in [6.45, 7) is 6.78. The van der Waals surface area contributed by atoms with Crippen LogP contribution in [-0.4, -0.2) is 57.4 Å². The van der Waals surface area contributed by atoms with E-state index in [1.165, 1.54) is 29.3 Å². The summed E-state index contributed by atoms with van der Waals surface area (Å²) in [6, 6.07) is 9.86. The maximum Gasteiger partial charge on any atom is 0.219 e. The van der Waals surface area contributed by atoms with Gasteiger partial charge in [0.25, 0.3) is 0 Å². The predicted octanol–water partition coefficient (Wildman–Crippen LogP) is 3.54. The van der Waals surface area contributed by atoms with Gasteiger partial charge in [0, 0.05) is 44.2 Å². The summed E-state index contributed by atoms with van der Waals surface area (Å²) in [6.07, 6.45) is 5.21. The van der Waals surface area contributed by atoms with E-state index in [0.717, 1.165) is 42.8 Å². The number of allylic oxidation sites excluding steroid dienone is 2. The van der Waals surface area contributed by atoms with E-state index in [2.05, 4.69) is 56.6 Å². The highest BCUT2D eigenvalue weighted by atomic mass is 16.3. The molecule has 1 aromatic heterocycles. The second-order valence-corrected chi connectivity index (χ2v) is 9.71. The van der Waals surface area contributed by atoms with E-state index in [1.54, 1.807) is 12.1 Å². The van der Waals surface area contributed by atoms with Gasteiger partial charge in [0.1, 0.15) is 11.4 Å². The molecule has 0 fully saturated rings. The summed E-state index contributed by atoms with van der Waals surface area (Å²) < 4.78 is 0. The molecule has 1 unspecified atom stereocenters. The van der Waals surface area contributed by atoms with Crippen LogP contribution in [-0.2, 0) is 17.8 Å². The molecule has 1 amide bonds. The van der Waals surface area contributed by atoms with Crippen LogP contribution in [0.4, 0.5) is 5.69 Å². The van der Waals surface area contributed by atoms with Crippen LogP contribution in [0, 0.1) is 13.8 Å². The van der Waals surface area contributed by atoms with Crippen molar-refractivity contribution >= 4 is 11.6 Å². The molecule has 0 bridgehead atoms. The largest absolute Gasteiger partial charge is 0.506 e. The van der Waals surface area contributed by atoms with Crippen LogP contribution in [0.1, 0.15) is 48.7 Å². The third kappa shape index (κ3) is 5.65. The summed E-state index contributed by atoms with van der Waals surface area (Å²) in [4.78, 5) is 20.8. The van der Waals surface area contributed by atoms with Crippen molar-refractivity contribution in [3.63, 3.8) is 0 Å². The van der Waals surface area contributed by atoms with E-state index in [-0.39, 0.29) is 24.6 Å². The first-order chi connectivity index (χ1) is 17.3. The van der Waals surface area contributed by atoms with Gasteiger partial charge in [-0.3, -0.25) is 9.78 Å². The van der Waals surface area contributed by atoms with Gasteiger partial charge in [0.2, 0.25) is 5.91 Å². The zero-order chi connectivity index (χ0) is 25.8. The van der Waals surface area contributed by atoms with Gasteiger partial charge < -0.3 is 30.6 Å². The molecule has 192 valence electrons. The average molecular weight is 492 g/mol. The molecule has 2 heterocycles. The molecule has 2 aliphatic rings. The molecule has 8 nitrogen and oxygen atoms in total. The van der Waals surface area contributed by atoms with E-state index < -0.39 is 0 Å². The number of rotatable bonds is 9. The smallest absolute Gasteiger partial charge is 0.219 e. The molecule has 0 radical (unpaired) electrons. The molecule has 4 N–H and O–H groups in total. The molecule has 4 rings (SSSR count). The number of hydrogen-bond acceptors (Lipinski definition) is 7. The second kappa shape index (κ2) is 11.0. The Labute approximate surface area is 213 Å². The topological polar surface area (TPSA) is 101 Å². The summed E-state index contributed by atoms with van der Waals surface area (Å²) in [7, 11) is 2.00. The lowest BCUT2D eigenvalue weighted by molar-refractivity contribution is -0.122. The Morgan fingerprint density at radius 3 is 2.75 bits per heavy atom. The van der Waals surface area contributed by atoms with Gasteiger partial charge >= 0.3 is 0 Å². The van der Waals surface area contributed by atoms with E-state index >= 15 is 0 Å². The Morgan fingerprint density at radius 2 is 2.00 bits per heavy atom. The van der Waals surface area contributed by atoms with Crippen molar-refractivity contribution in [3.8, 4) is 5.75 Å². The Kier molecular flexibility index (Phi) is 7.84. The third-order valence-electron chi connectivity index (χ3n) is 6.83. The monoisotopic (exact) mass is 491 g/mol. The van der Waals surface area contributed by atoms with E-state index in [4.69, 9.17) is 0 Å². The van der Waals surface area contributed by atoms with Crippen LogP contribution in [0.25, 0.3) is 0 Å². The first-order valence-electron chi connectivity index (χ1n) is 12.6. The standard InChI is InChI=1S/C28H37N5O3/c1-18-7-10-22(6-5-13-34)23(14-18)29-16-21-9-11-25-26(15-21)33(28(32(25)4)31-20(3)35)17-24-27(36)12-8-19(2)30-24/h7-8,10,12,14-15,28-29,34,36H,5-6,9,11,13,16-17H2,1-4H3,(H,31,35). The fourth-order valence-corrected chi connectivity index (χ4v) is 4.95. The van der Waals surface area contributed by atoms with Crippen LogP contribution >= 0.6 is 0 Å². The second-order valence-electron chi connectivity index (χ2n) is 9.71. The lowest BCUT2D eigenvalue weighted by Gasteiger charge is -2.32. The van der Waals surface area contributed by atoms with Crippen LogP contribution in [0.3, 0.4) is 0 Å². The molecule has 0 saturated carbocycles. The SMILES string of the molecule is CC(=O)NC1N(C)C2=C(C=C(CNc3cc(C)ccc3CCCO)CC2)N1Cc1nc(C)ccc1O. The van der Waals surface area contributed by atoms with Gasteiger partial charge in [0.15, 0.2) is 6.29 Å². The van der Waals surface area contributed by atoms with Crippen molar-refractivity contribution in [3.05, 3.63) is 75.9 Å². The minimum absolute atomic E-state index is 0.112.